The Labute approximate surface area is 158 Å². The SMILES string of the molecule is CCOC(=O)C(Nc1ccccc1)N(NC(=O)OC(C)C)C(=O)OC(C)C. The first kappa shape index (κ1) is 22.1. The molecule has 0 aromatic heterocycles. The summed E-state index contributed by atoms with van der Waals surface area (Å²) in [6.07, 6.45) is -4.10. The van der Waals surface area contributed by atoms with Crippen molar-refractivity contribution in [2.75, 3.05) is 11.9 Å². The monoisotopic (exact) mass is 381 g/mol. The normalized spacial score (nSPS) is 11.5. The fraction of sp³-hybridized carbons (Fsp3) is 0.500. The van der Waals surface area contributed by atoms with E-state index in [9.17, 15) is 14.4 Å². The maximum atomic E-state index is 12.5. The van der Waals surface area contributed by atoms with Gasteiger partial charge in [0.1, 0.15) is 0 Å². The van der Waals surface area contributed by atoms with E-state index in [4.69, 9.17) is 14.2 Å². The molecule has 0 aliphatic heterocycles. The van der Waals surface area contributed by atoms with Crippen molar-refractivity contribution in [3.63, 3.8) is 0 Å². The summed E-state index contributed by atoms with van der Waals surface area (Å²) < 4.78 is 15.2. The molecular weight excluding hydrogens is 354 g/mol. The molecular formula is C18H27N3O6. The quantitative estimate of drug-likeness (QED) is 0.324. The van der Waals surface area contributed by atoms with Crippen molar-refractivity contribution in [3.8, 4) is 0 Å². The van der Waals surface area contributed by atoms with Crippen molar-refractivity contribution in [2.45, 2.75) is 53.0 Å². The number of carbonyl (C=O) groups excluding carboxylic acids is 3. The summed E-state index contributed by atoms with van der Waals surface area (Å²) >= 11 is 0. The number of nitrogens with one attached hydrogen (secondary N) is 2. The molecule has 0 heterocycles. The molecule has 1 aromatic rings. The first-order valence-corrected chi connectivity index (χ1v) is 8.69. The van der Waals surface area contributed by atoms with E-state index in [0.29, 0.717) is 5.69 Å². The van der Waals surface area contributed by atoms with Crippen LogP contribution in [-0.4, -0.2) is 48.1 Å². The van der Waals surface area contributed by atoms with Gasteiger partial charge in [0.25, 0.3) is 0 Å². The molecule has 1 unspecified atom stereocenters. The molecule has 1 atom stereocenters. The minimum absolute atomic E-state index is 0.0926. The zero-order valence-electron chi connectivity index (χ0n) is 16.2. The molecule has 27 heavy (non-hydrogen) atoms. The molecule has 9 nitrogen and oxygen atoms in total. The molecule has 1 aromatic carbocycles. The lowest BCUT2D eigenvalue weighted by Crippen LogP contribution is -2.59. The van der Waals surface area contributed by atoms with Gasteiger partial charge in [-0.15, -0.1) is 0 Å². The fourth-order valence-electron chi connectivity index (χ4n) is 1.96. The highest BCUT2D eigenvalue weighted by atomic mass is 16.6. The third kappa shape index (κ3) is 7.85. The molecule has 0 saturated heterocycles. The van der Waals surface area contributed by atoms with Crippen LogP contribution in [0, 0.1) is 0 Å². The topological polar surface area (TPSA) is 106 Å². The van der Waals surface area contributed by atoms with Gasteiger partial charge in [0.05, 0.1) is 18.8 Å². The predicted octanol–water partition coefficient (Wildman–Crippen LogP) is 2.88. The van der Waals surface area contributed by atoms with Crippen LogP contribution in [0.5, 0.6) is 0 Å². The van der Waals surface area contributed by atoms with Gasteiger partial charge < -0.3 is 19.5 Å². The molecule has 2 amide bonds. The molecule has 0 fully saturated rings. The van der Waals surface area contributed by atoms with E-state index in [-0.39, 0.29) is 6.61 Å². The van der Waals surface area contributed by atoms with Gasteiger partial charge in [0.15, 0.2) is 0 Å². The van der Waals surface area contributed by atoms with E-state index in [1.54, 1.807) is 65.0 Å². The average molecular weight is 381 g/mol. The Balaban J connectivity index is 3.14. The second-order valence-corrected chi connectivity index (χ2v) is 6.03. The Morgan fingerprint density at radius 3 is 2.11 bits per heavy atom. The summed E-state index contributed by atoms with van der Waals surface area (Å²) in [6.45, 7) is 8.33. The van der Waals surface area contributed by atoms with Crippen LogP contribution >= 0.6 is 0 Å². The third-order valence-electron chi connectivity index (χ3n) is 2.93. The number of rotatable bonds is 7. The summed E-state index contributed by atoms with van der Waals surface area (Å²) in [4.78, 5) is 37.0. The molecule has 1 rings (SSSR count). The maximum Gasteiger partial charge on any atom is 0.431 e. The smallest absolute Gasteiger partial charge is 0.431 e. The highest BCUT2D eigenvalue weighted by Gasteiger charge is 2.35. The van der Waals surface area contributed by atoms with E-state index in [1.807, 2.05) is 0 Å². The molecule has 0 spiro atoms. The second kappa shape index (κ2) is 10.9. The van der Waals surface area contributed by atoms with Gasteiger partial charge in [-0.3, -0.25) is 0 Å². The highest BCUT2D eigenvalue weighted by molar-refractivity contribution is 5.85. The molecule has 2 N–H and O–H groups in total. The number of carbonyl (C=O) groups is 3. The van der Waals surface area contributed by atoms with Crippen molar-refractivity contribution in [1.29, 1.82) is 0 Å². The highest BCUT2D eigenvalue weighted by Crippen LogP contribution is 2.12. The lowest BCUT2D eigenvalue weighted by Gasteiger charge is -2.30. The molecule has 150 valence electrons. The maximum absolute atomic E-state index is 12.5. The molecule has 0 saturated carbocycles. The van der Waals surface area contributed by atoms with Crippen LogP contribution in [0.3, 0.4) is 0 Å². The first-order valence-electron chi connectivity index (χ1n) is 8.69. The summed E-state index contributed by atoms with van der Waals surface area (Å²) in [7, 11) is 0. The van der Waals surface area contributed by atoms with Crippen LogP contribution in [0.4, 0.5) is 15.3 Å². The van der Waals surface area contributed by atoms with Gasteiger partial charge >= 0.3 is 18.2 Å². The standard InChI is InChI=1S/C18H27N3O6/c1-6-25-16(22)15(19-14-10-8-7-9-11-14)21(18(24)27-13(4)5)20-17(23)26-12(2)3/h7-13,15,19H,6H2,1-5H3,(H,20,23). The zero-order chi connectivity index (χ0) is 20.4. The van der Waals surface area contributed by atoms with Crippen LogP contribution in [-0.2, 0) is 19.0 Å². The first-order chi connectivity index (χ1) is 12.7. The Bertz CT molecular complexity index is 621. The van der Waals surface area contributed by atoms with Crippen molar-refractivity contribution < 1.29 is 28.6 Å². The Hall–Kier alpha value is -2.97. The van der Waals surface area contributed by atoms with Crippen molar-refractivity contribution in [1.82, 2.24) is 10.4 Å². The van der Waals surface area contributed by atoms with E-state index in [1.165, 1.54) is 0 Å². The minimum Gasteiger partial charge on any atom is -0.463 e. The largest absolute Gasteiger partial charge is 0.463 e. The van der Waals surface area contributed by atoms with Gasteiger partial charge in [-0.05, 0) is 46.8 Å². The van der Waals surface area contributed by atoms with Crippen LogP contribution in [0.2, 0.25) is 0 Å². The lowest BCUT2D eigenvalue weighted by atomic mass is 10.3. The average Bonchev–Trinajstić information content (AvgIpc) is 2.57. The number of nitrogens with zero attached hydrogens (tertiary/aromatic N) is 1. The number of para-hydroxylation sites is 1. The Kier molecular flexibility index (Phi) is 8.91. The lowest BCUT2D eigenvalue weighted by molar-refractivity contribution is -0.148. The van der Waals surface area contributed by atoms with E-state index < -0.39 is 36.5 Å². The van der Waals surface area contributed by atoms with Gasteiger partial charge in [-0.2, -0.15) is 5.01 Å². The molecule has 0 bridgehead atoms. The fourth-order valence-corrected chi connectivity index (χ4v) is 1.96. The van der Waals surface area contributed by atoms with Crippen LogP contribution < -0.4 is 10.7 Å². The number of anilines is 1. The van der Waals surface area contributed by atoms with Crippen LogP contribution in [0.25, 0.3) is 0 Å². The number of ether oxygens (including phenoxy) is 3. The molecule has 0 radical (unpaired) electrons. The Morgan fingerprint density at radius 1 is 1.00 bits per heavy atom. The van der Waals surface area contributed by atoms with Crippen molar-refractivity contribution in [2.24, 2.45) is 0 Å². The predicted molar refractivity (Wildman–Crippen MR) is 98.7 cm³/mol. The number of hydrazine groups is 1. The number of benzene rings is 1. The van der Waals surface area contributed by atoms with Gasteiger partial charge in [0, 0.05) is 5.69 Å². The van der Waals surface area contributed by atoms with E-state index in [2.05, 4.69) is 10.7 Å². The van der Waals surface area contributed by atoms with Crippen LogP contribution in [0.1, 0.15) is 34.6 Å². The number of amides is 2. The number of hydrogen-bond acceptors (Lipinski definition) is 7. The Morgan fingerprint density at radius 2 is 1.59 bits per heavy atom. The van der Waals surface area contributed by atoms with Crippen molar-refractivity contribution in [3.05, 3.63) is 30.3 Å². The second-order valence-electron chi connectivity index (χ2n) is 6.03. The van der Waals surface area contributed by atoms with E-state index >= 15 is 0 Å². The summed E-state index contributed by atoms with van der Waals surface area (Å²) in [5, 5.41) is 3.57. The van der Waals surface area contributed by atoms with Gasteiger partial charge in [-0.1, -0.05) is 18.2 Å². The molecule has 0 aliphatic rings. The summed E-state index contributed by atoms with van der Waals surface area (Å²) in [5.41, 5.74) is 2.79. The van der Waals surface area contributed by atoms with Crippen LogP contribution in [0.15, 0.2) is 30.3 Å². The molecule has 9 heteroatoms. The third-order valence-corrected chi connectivity index (χ3v) is 2.93. The number of hydrogen-bond donors (Lipinski definition) is 2. The number of esters is 1. The van der Waals surface area contributed by atoms with Gasteiger partial charge in [0.2, 0.25) is 6.17 Å². The minimum atomic E-state index is -1.36. The van der Waals surface area contributed by atoms with Gasteiger partial charge in [-0.25, -0.2) is 19.8 Å². The summed E-state index contributed by atoms with van der Waals surface area (Å²) in [6, 6.07) is 8.70. The van der Waals surface area contributed by atoms with Crippen molar-refractivity contribution >= 4 is 23.8 Å². The van der Waals surface area contributed by atoms with E-state index in [0.717, 1.165) is 5.01 Å². The molecule has 0 aliphatic carbocycles. The summed E-state index contributed by atoms with van der Waals surface area (Å²) in [5.74, 6) is -0.771. The zero-order valence-corrected chi connectivity index (χ0v) is 16.2.